The van der Waals surface area contributed by atoms with Crippen molar-refractivity contribution in [1.82, 2.24) is 9.80 Å². The molecule has 0 aromatic heterocycles. The molecule has 126 valence electrons. The Hall–Kier alpha value is -1.75. The lowest BCUT2D eigenvalue weighted by molar-refractivity contribution is -0.133. The second kappa shape index (κ2) is 7.68. The van der Waals surface area contributed by atoms with E-state index in [1.54, 1.807) is 24.3 Å². The average molecular weight is 318 g/mol. The van der Waals surface area contributed by atoms with E-state index in [1.807, 2.05) is 4.90 Å². The number of hydrogen-bond acceptors (Lipinski definition) is 4. The number of carbonyl (C=O) groups is 1. The van der Waals surface area contributed by atoms with Gasteiger partial charge in [-0.2, -0.15) is 0 Å². The molecule has 0 spiro atoms. The molecule has 23 heavy (non-hydrogen) atoms. The molecule has 0 bridgehead atoms. The largest absolute Gasteiger partial charge is 0.504 e. The molecular formula is C18H26N2O3. The van der Waals surface area contributed by atoms with Crippen LogP contribution in [0.5, 0.6) is 11.5 Å². The Kier molecular flexibility index (Phi) is 5.39. The summed E-state index contributed by atoms with van der Waals surface area (Å²) < 4.78 is 5.49. The lowest BCUT2D eigenvalue weighted by Crippen LogP contribution is -2.51. The highest BCUT2D eigenvalue weighted by Gasteiger charge is 2.27. The van der Waals surface area contributed by atoms with Crippen LogP contribution in [0, 0.1) is 0 Å². The molecule has 2 fully saturated rings. The standard InChI is InChI=1S/C18H26N2O3/c21-16-7-3-4-8-17(16)23-14-9-18(22)20-12-10-19(11-13-20)15-5-1-2-6-15/h3-4,7-8,15,21H,1-2,5-6,9-14H2. The third kappa shape index (κ3) is 4.16. The molecule has 1 aliphatic carbocycles. The van der Waals surface area contributed by atoms with E-state index in [9.17, 15) is 9.90 Å². The van der Waals surface area contributed by atoms with Gasteiger partial charge in [-0.05, 0) is 25.0 Å². The summed E-state index contributed by atoms with van der Waals surface area (Å²) in [5.41, 5.74) is 0. The Labute approximate surface area is 137 Å². The molecule has 2 aliphatic rings. The van der Waals surface area contributed by atoms with E-state index in [0.717, 1.165) is 32.2 Å². The number of amides is 1. The fourth-order valence-corrected chi connectivity index (χ4v) is 3.59. The molecular weight excluding hydrogens is 292 g/mol. The first kappa shape index (κ1) is 16.1. The number of phenols is 1. The van der Waals surface area contributed by atoms with E-state index < -0.39 is 0 Å². The van der Waals surface area contributed by atoms with Gasteiger partial charge >= 0.3 is 0 Å². The minimum Gasteiger partial charge on any atom is -0.504 e. The first-order chi connectivity index (χ1) is 11.2. The van der Waals surface area contributed by atoms with Gasteiger partial charge in [0.2, 0.25) is 5.91 Å². The molecule has 0 radical (unpaired) electrons. The summed E-state index contributed by atoms with van der Waals surface area (Å²) in [7, 11) is 0. The van der Waals surface area contributed by atoms with Crippen LogP contribution in [-0.4, -0.2) is 59.6 Å². The van der Waals surface area contributed by atoms with E-state index in [1.165, 1.54) is 25.7 Å². The monoisotopic (exact) mass is 318 g/mol. The van der Waals surface area contributed by atoms with Crippen molar-refractivity contribution in [2.24, 2.45) is 0 Å². The van der Waals surface area contributed by atoms with Crippen molar-refractivity contribution in [3.8, 4) is 11.5 Å². The Morgan fingerprint density at radius 1 is 1.13 bits per heavy atom. The fraction of sp³-hybridized carbons (Fsp3) is 0.611. The number of benzene rings is 1. The summed E-state index contributed by atoms with van der Waals surface area (Å²) >= 11 is 0. The Bertz CT molecular complexity index is 521. The van der Waals surface area contributed by atoms with Crippen molar-refractivity contribution >= 4 is 5.91 Å². The van der Waals surface area contributed by atoms with Gasteiger partial charge in [-0.3, -0.25) is 9.69 Å². The van der Waals surface area contributed by atoms with Crippen LogP contribution in [0.2, 0.25) is 0 Å². The molecule has 5 heteroatoms. The minimum absolute atomic E-state index is 0.116. The van der Waals surface area contributed by atoms with Crippen molar-refractivity contribution in [2.45, 2.75) is 38.1 Å². The second-order valence-corrected chi connectivity index (χ2v) is 6.42. The number of aromatic hydroxyl groups is 1. The molecule has 1 aromatic rings. The van der Waals surface area contributed by atoms with Crippen molar-refractivity contribution in [1.29, 1.82) is 0 Å². The van der Waals surface area contributed by atoms with Crippen LogP contribution < -0.4 is 4.74 Å². The number of phenolic OH excluding ortho intramolecular Hbond substituents is 1. The summed E-state index contributed by atoms with van der Waals surface area (Å²) in [6.45, 7) is 3.95. The maximum atomic E-state index is 12.3. The molecule has 3 rings (SSSR count). The zero-order valence-corrected chi connectivity index (χ0v) is 13.6. The molecule has 5 nitrogen and oxygen atoms in total. The predicted octanol–water partition coefficient (Wildman–Crippen LogP) is 2.25. The summed E-state index contributed by atoms with van der Waals surface area (Å²) in [4.78, 5) is 16.8. The number of rotatable bonds is 5. The van der Waals surface area contributed by atoms with E-state index in [2.05, 4.69) is 4.90 Å². The van der Waals surface area contributed by atoms with Gasteiger partial charge in [0, 0.05) is 32.2 Å². The number of ether oxygens (including phenoxy) is 1. The van der Waals surface area contributed by atoms with Crippen LogP contribution in [0.1, 0.15) is 32.1 Å². The third-order valence-electron chi connectivity index (χ3n) is 4.95. The van der Waals surface area contributed by atoms with Gasteiger partial charge in [0.1, 0.15) is 0 Å². The first-order valence-corrected chi connectivity index (χ1v) is 8.66. The highest BCUT2D eigenvalue weighted by Crippen LogP contribution is 2.25. The molecule has 1 N–H and O–H groups in total. The van der Waals surface area contributed by atoms with Gasteiger partial charge in [-0.15, -0.1) is 0 Å². The van der Waals surface area contributed by atoms with Crippen molar-refractivity contribution in [3.63, 3.8) is 0 Å². The zero-order valence-electron chi connectivity index (χ0n) is 13.6. The van der Waals surface area contributed by atoms with Crippen LogP contribution in [0.25, 0.3) is 0 Å². The number of carbonyl (C=O) groups excluding carboxylic acids is 1. The third-order valence-corrected chi connectivity index (χ3v) is 4.95. The maximum Gasteiger partial charge on any atom is 0.226 e. The highest BCUT2D eigenvalue weighted by molar-refractivity contribution is 5.76. The number of nitrogens with zero attached hydrogens (tertiary/aromatic N) is 2. The van der Waals surface area contributed by atoms with Crippen LogP contribution >= 0.6 is 0 Å². The Morgan fingerprint density at radius 2 is 1.83 bits per heavy atom. The highest BCUT2D eigenvalue weighted by atomic mass is 16.5. The summed E-state index contributed by atoms with van der Waals surface area (Å²) in [5.74, 6) is 0.697. The lowest BCUT2D eigenvalue weighted by atomic mass is 10.2. The topological polar surface area (TPSA) is 53.0 Å². The van der Waals surface area contributed by atoms with Gasteiger partial charge in [0.05, 0.1) is 13.0 Å². The number of para-hydroxylation sites is 2. The Balaban J connectivity index is 1.38. The van der Waals surface area contributed by atoms with E-state index in [4.69, 9.17) is 4.74 Å². The van der Waals surface area contributed by atoms with E-state index in [-0.39, 0.29) is 11.7 Å². The van der Waals surface area contributed by atoms with Gasteiger partial charge in [-0.1, -0.05) is 25.0 Å². The van der Waals surface area contributed by atoms with E-state index in [0.29, 0.717) is 18.8 Å². The van der Waals surface area contributed by atoms with Gasteiger partial charge in [-0.25, -0.2) is 0 Å². The molecule has 1 saturated carbocycles. The van der Waals surface area contributed by atoms with Crippen molar-refractivity contribution in [3.05, 3.63) is 24.3 Å². The van der Waals surface area contributed by atoms with Crippen LogP contribution in [0.4, 0.5) is 0 Å². The maximum absolute atomic E-state index is 12.3. The summed E-state index contributed by atoms with van der Waals surface area (Å²) in [5, 5.41) is 9.63. The summed E-state index contributed by atoms with van der Waals surface area (Å²) in [6.07, 6.45) is 5.71. The van der Waals surface area contributed by atoms with Crippen LogP contribution in [0.3, 0.4) is 0 Å². The number of hydrogen-bond donors (Lipinski definition) is 1. The normalized spacial score (nSPS) is 19.9. The summed E-state index contributed by atoms with van der Waals surface area (Å²) in [6, 6.07) is 7.59. The zero-order chi connectivity index (χ0) is 16.1. The molecule has 1 aliphatic heterocycles. The molecule has 1 aromatic carbocycles. The molecule has 1 saturated heterocycles. The second-order valence-electron chi connectivity index (χ2n) is 6.42. The SMILES string of the molecule is O=C(CCOc1ccccc1O)N1CCN(C2CCCC2)CC1. The van der Waals surface area contributed by atoms with Gasteiger partial charge < -0.3 is 14.7 Å². The lowest BCUT2D eigenvalue weighted by Gasteiger charge is -2.38. The van der Waals surface area contributed by atoms with Crippen molar-refractivity contribution in [2.75, 3.05) is 32.8 Å². The van der Waals surface area contributed by atoms with Gasteiger partial charge in [0.25, 0.3) is 0 Å². The molecule has 0 unspecified atom stereocenters. The Morgan fingerprint density at radius 3 is 2.52 bits per heavy atom. The predicted molar refractivity (Wildman–Crippen MR) is 88.6 cm³/mol. The number of piperazine rings is 1. The molecule has 1 amide bonds. The quantitative estimate of drug-likeness (QED) is 0.905. The minimum atomic E-state index is 0.116. The molecule has 1 heterocycles. The smallest absolute Gasteiger partial charge is 0.226 e. The van der Waals surface area contributed by atoms with E-state index >= 15 is 0 Å². The molecule has 0 atom stereocenters. The van der Waals surface area contributed by atoms with Crippen LogP contribution in [-0.2, 0) is 4.79 Å². The van der Waals surface area contributed by atoms with Crippen LogP contribution in [0.15, 0.2) is 24.3 Å². The van der Waals surface area contributed by atoms with Gasteiger partial charge in [0.15, 0.2) is 11.5 Å². The first-order valence-electron chi connectivity index (χ1n) is 8.66. The fourth-order valence-electron chi connectivity index (χ4n) is 3.59. The van der Waals surface area contributed by atoms with Crippen molar-refractivity contribution < 1.29 is 14.6 Å². The average Bonchev–Trinajstić information content (AvgIpc) is 3.11.